The highest BCUT2D eigenvalue weighted by atomic mass is 79.9. The zero-order valence-corrected chi connectivity index (χ0v) is 11.6. The van der Waals surface area contributed by atoms with Crippen LogP contribution >= 0.6 is 15.9 Å². The van der Waals surface area contributed by atoms with Gasteiger partial charge in [0.25, 0.3) is 0 Å². The maximum Gasteiger partial charge on any atom is 0.137 e. The number of nitrogens with one attached hydrogen (secondary N) is 1. The van der Waals surface area contributed by atoms with Crippen molar-refractivity contribution >= 4 is 15.9 Å². The van der Waals surface area contributed by atoms with Crippen LogP contribution in [0.4, 0.5) is 4.39 Å². The molecule has 0 aliphatic heterocycles. The van der Waals surface area contributed by atoms with Gasteiger partial charge in [0.15, 0.2) is 0 Å². The molecule has 1 rings (SSSR count). The van der Waals surface area contributed by atoms with Crippen molar-refractivity contribution in [2.75, 3.05) is 6.54 Å². The van der Waals surface area contributed by atoms with E-state index in [9.17, 15) is 4.39 Å². The number of hydrogen-bond donors (Lipinski definition) is 1. The molecule has 1 aromatic carbocycles. The molecule has 0 aromatic heterocycles. The minimum atomic E-state index is -0.193. The van der Waals surface area contributed by atoms with E-state index in [-0.39, 0.29) is 11.9 Å². The van der Waals surface area contributed by atoms with Crippen molar-refractivity contribution < 1.29 is 4.39 Å². The fourth-order valence-corrected chi connectivity index (χ4v) is 2.28. The van der Waals surface area contributed by atoms with Crippen LogP contribution in [0.15, 0.2) is 22.7 Å². The average Bonchev–Trinajstić information content (AvgIpc) is 2.24. The Hall–Kier alpha value is -0.410. The van der Waals surface area contributed by atoms with Gasteiger partial charge in [0.2, 0.25) is 0 Å². The number of hydrogen-bond acceptors (Lipinski definition) is 1. The highest BCUT2D eigenvalue weighted by Gasteiger charge is 2.18. The molecule has 0 saturated heterocycles. The fraction of sp³-hybridized carbons (Fsp3) is 0.538. The smallest absolute Gasteiger partial charge is 0.137 e. The highest BCUT2D eigenvalue weighted by molar-refractivity contribution is 9.10. The van der Waals surface area contributed by atoms with Crippen LogP contribution in [0.1, 0.15) is 38.8 Å². The third-order valence-corrected chi connectivity index (χ3v) is 3.43. The lowest BCUT2D eigenvalue weighted by Gasteiger charge is -2.24. The first-order valence-electron chi connectivity index (χ1n) is 5.75. The summed E-state index contributed by atoms with van der Waals surface area (Å²) >= 11 is 3.33. The van der Waals surface area contributed by atoms with E-state index in [0.717, 1.165) is 18.5 Å². The van der Waals surface area contributed by atoms with E-state index in [4.69, 9.17) is 0 Å². The fourth-order valence-electron chi connectivity index (χ4n) is 1.77. The van der Waals surface area contributed by atoms with Crippen LogP contribution in [-0.2, 0) is 0 Å². The Morgan fingerprint density at radius 3 is 2.62 bits per heavy atom. The van der Waals surface area contributed by atoms with Crippen LogP contribution in [0.3, 0.4) is 0 Å². The average molecular weight is 288 g/mol. The molecule has 0 bridgehead atoms. The van der Waals surface area contributed by atoms with Crippen molar-refractivity contribution in [3.8, 4) is 0 Å². The lowest BCUT2D eigenvalue weighted by Crippen LogP contribution is -2.26. The summed E-state index contributed by atoms with van der Waals surface area (Å²) in [6, 6.07) is 5.41. The Kier molecular flexibility index (Phi) is 5.42. The molecular formula is C13H19BrFN. The van der Waals surface area contributed by atoms with Crippen LogP contribution in [0.25, 0.3) is 0 Å². The van der Waals surface area contributed by atoms with Gasteiger partial charge in [-0.25, -0.2) is 4.39 Å². The van der Waals surface area contributed by atoms with Crippen LogP contribution in [0, 0.1) is 11.7 Å². The molecular weight excluding hydrogens is 269 g/mol. The molecule has 1 aromatic rings. The quantitative estimate of drug-likeness (QED) is 0.852. The summed E-state index contributed by atoms with van der Waals surface area (Å²) < 4.78 is 14.0. The van der Waals surface area contributed by atoms with Gasteiger partial charge in [0.05, 0.1) is 4.47 Å². The first kappa shape index (κ1) is 13.7. The summed E-state index contributed by atoms with van der Waals surface area (Å²) in [6.45, 7) is 7.37. The van der Waals surface area contributed by atoms with Gasteiger partial charge in [0, 0.05) is 6.04 Å². The molecule has 0 heterocycles. The summed E-state index contributed by atoms with van der Waals surface area (Å²) in [5.41, 5.74) is 1.00. The molecule has 3 heteroatoms. The minimum absolute atomic E-state index is 0.193. The van der Waals surface area contributed by atoms with Crippen LogP contribution < -0.4 is 5.32 Å². The molecule has 0 saturated carbocycles. The Morgan fingerprint density at radius 2 is 2.06 bits per heavy atom. The predicted octanol–water partition coefficient (Wildman–Crippen LogP) is 4.28. The number of halogens is 2. The highest BCUT2D eigenvalue weighted by Crippen LogP contribution is 2.30. The van der Waals surface area contributed by atoms with Crippen molar-refractivity contribution in [3.63, 3.8) is 0 Å². The van der Waals surface area contributed by atoms with Gasteiger partial charge < -0.3 is 5.32 Å². The van der Waals surface area contributed by atoms with Gasteiger partial charge in [-0.1, -0.05) is 32.9 Å². The van der Waals surface area contributed by atoms with E-state index in [2.05, 4.69) is 42.0 Å². The molecule has 0 radical (unpaired) electrons. The molecule has 1 N–H and O–H groups in total. The Morgan fingerprint density at radius 1 is 1.38 bits per heavy atom. The maximum absolute atomic E-state index is 13.5. The van der Waals surface area contributed by atoms with E-state index in [1.807, 2.05) is 6.07 Å². The first-order chi connectivity index (χ1) is 7.57. The number of rotatable bonds is 5. The third-order valence-electron chi connectivity index (χ3n) is 2.60. The van der Waals surface area contributed by atoms with Crippen LogP contribution in [0.2, 0.25) is 0 Å². The van der Waals surface area contributed by atoms with E-state index in [0.29, 0.717) is 10.4 Å². The van der Waals surface area contributed by atoms with Crippen molar-refractivity contribution in [2.45, 2.75) is 33.2 Å². The standard InChI is InChI=1S/C13H19BrFN/c1-4-8-16-13(9(2)3)10-6-5-7-11(15)12(10)14/h5-7,9,13,16H,4,8H2,1-3H3. The summed E-state index contributed by atoms with van der Waals surface area (Å²) in [5, 5.41) is 3.46. The molecule has 0 fully saturated rings. The molecule has 1 unspecified atom stereocenters. The van der Waals surface area contributed by atoms with E-state index in [1.165, 1.54) is 6.07 Å². The van der Waals surface area contributed by atoms with Crippen molar-refractivity contribution in [2.24, 2.45) is 5.92 Å². The van der Waals surface area contributed by atoms with E-state index in [1.54, 1.807) is 6.07 Å². The Bertz CT molecular complexity index is 339. The summed E-state index contributed by atoms with van der Waals surface area (Å²) in [4.78, 5) is 0. The largest absolute Gasteiger partial charge is 0.310 e. The van der Waals surface area contributed by atoms with Crippen LogP contribution in [0.5, 0.6) is 0 Å². The molecule has 1 nitrogen and oxygen atoms in total. The van der Waals surface area contributed by atoms with Crippen LogP contribution in [-0.4, -0.2) is 6.54 Å². The second-order valence-corrected chi connectivity index (χ2v) is 5.11. The van der Waals surface area contributed by atoms with Crippen molar-refractivity contribution in [1.82, 2.24) is 5.32 Å². The molecule has 90 valence electrons. The monoisotopic (exact) mass is 287 g/mol. The summed E-state index contributed by atoms with van der Waals surface area (Å²) in [5.74, 6) is 0.242. The maximum atomic E-state index is 13.5. The predicted molar refractivity (Wildman–Crippen MR) is 70.0 cm³/mol. The van der Waals surface area contributed by atoms with E-state index >= 15 is 0 Å². The van der Waals surface area contributed by atoms with Gasteiger partial charge in [-0.2, -0.15) is 0 Å². The SMILES string of the molecule is CCCNC(c1cccc(F)c1Br)C(C)C. The van der Waals surface area contributed by atoms with Crippen molar-refractivity contribution in [3.05, 3.63) is 34.1 Å². The topological polar surface area (TPSA) is 12.0 Å². The van der Waals surface area contributed by atoms with Crippen molar-refractivity contribution in [1.29, 1.82) is 0 Å². The van der Waals surface area contributed by atoms with Gasteiger partial charge in [-0.05, 0) is 46.4 Å². The van der Waals surface area contributed by atoms with Gasteiger partial charge in [0.1, 0.15) is 5.82 Å². The van der Waals surface area contributed by atoms with Gasteiger partial charge >= 0.3 is 0 Å². The second kappa shape index (κ2) is 6.36. The molecule has 0 spiro atoms. The van der Waals surface area contributed by atoms with Gasteiger partial charge in [-0.3, -0.25) is 0 Å². The molecule has 0 aliphatic rings. The van der Waals surface area contributed by atoms with E-state index < -0.39 is 0 Å². The second-order valence-electron chi connectivity index (χ2n) is 4.32. The summed E-state index contributed by atoms with van der Waals surface area (Å²) in [6.07, 6.45) is 1.08. The Labute approximate surface area is 106 Å². The zero-order chi connectivity index (χ0) is 12.1. The normalized spacial score (nSPS) is 13.1. The lowest BCUT2D eigenvalue weighted by atomic mass is 9.96. The lowest BCUT2D eigenvalue weighted by molar-refractivity contribution is 0.409. The third kappa shape index (κ3) is 3.29. The summed E-state index contributed by atoms with van der Waals surface area (Å²) in [7, 11) is 0. The molecule has 1 atom stereocenters. The number of benzene rings is 1. The molecule has 16 heavy (non-hydrogen) atoms. The van der Waals surface area contributed by atoms with Gasteiger partial charge in [-0.15, -0.1) is 0 Å². The first-order valence-corrected chi connectivity index (χ1v) is 6.54. The molecule has 0 aliphatic carbocycles. The molecule has 0 amide bonds. The Balaban J connectivity index is 2.96. The zero-order valence-electron chi connectivity index (χ0n) is 10.1. The minimum Gasteiger partial charge on any atom is -0.310 e.